The SMILES string of the molecule is c1ccc2nc(CC3CC(n4cnc5c(N6CCOCC6)ncnc54)C3)ncc2c1. The third-order valence-electron chi connectivity index (χ3n) is 6.26. The number of morpholine rings is 1. The molecule has 1 aliphatic heterocycles. The molecule has 0 radical (unpaired) electrons. The average molecular weight is 401 g/mol. The van der Waals surface area contributed by atoms with Crippen LogP contribution in [0.3, 0.4) is 0 Å². The number of hydrogen-bond acceptors (Lipinski definition) is 7. The van der Waals surface area contributed by atoms with Crippen LogP contribution in [-0.4, -0.2) is 55.8 Å². The van der Waals surface area contributed by atoms with Crippen LogP contribution in [-0.2, 0) is 11.2 Å². The van der Waals surface area contributed by atoms with Crippen molar-refractivity contribution in [2.24, 2.45) is 5.92 Å². The lowest BCUT2D eigenvalue weighted by Crippen LogP contribution is -2.37. The number of imidazole rings is 1. The zero-order chi connectivity index (χ0) is 19.9. The first-order chi connectivity index (χ1) is 14.8. The van der Waals surface area contributed by atoms with Crippen LogP contribution in [0.25, 0.3) is 22.1 Å². The van der Waals surface area contributed by atoms with Crippen molar-refractivity contribution < 1.29 is 4.74 Å². The Morgan fingerprint density at radius 3 is 2.77 bits per heavy atom. The summed E-state index contributed by atoms with van der Waals surface area (Å²) in [7, 11) is 0. The summed E-state index contributed by atoms with van der Waals surface area (Å²) in [6.07, 6.45) is 8.63. The van der Waals surface area contributed by atoms with E-state index in [0.29, 0.717) is 12.0 Å². The summed E-state index contributed by atoms with van der Waals surface area (Å²) in [5.41, 5.74) is 2.84. The van der Waals surface area contributed by atoms with Gasteiger partial charge >= 0.3 is 0 Å². The minimum Gasteiger partial charge on any atom is -0.378 e. The Labute approximate surface area is 174 Å². The first kappa shape index (κ1) is 17.7. The summed E-state index contributed by atoms with van der Waals surface area (Å²) >= 11 is 0. The molecule has 4 heterocycles. The van der Waals surface area contributed by atoms with Crippen LogP contribution in [0.2, 0.25) is 0 Å². The van der Waals surface area contributed by atoms with Crippen LogP contribution < -0.4 is 4.90 Å². The number of rotatable bonds is 4. The molecule has 0 atom stereocenters. The highest BCUT2D eigenvalue weighted by molar-refractivity contribution is 5.83. The highest BCUT2D eigenvalue weighted by Crippen LogP contribution is 2.41. The third kappa shape index (κ3) is 3.08. The second kappa shape index (κ2) is 7.28. The summed E-state index contributed by atoms with van der Waals surface area (Å²) in [5.74, 6) is 2.45. The van der Waals surface area contributed by atoms with Gasteiger partial charge in [-0.2, -0.15) is 0 Å². The molecule has 30 heavy (non-hydrogen) atoms. The second-order valence-corrected chi connectivity index (χ2v) is 8.16. The first-order valence-electron chi connectivity index (χ1n) is 10.6. The van der Waals surface area contributed by atoms with Crippen molar-refractivity contribution in [1.82, 2.24) is 29.5 Å². The molecule has 0 spiro atoms. The minimum absolute atomic E-state index is 0.424. The first-order valence-corrected chi connectivity index (χ1v) is 10.6. The lowest BCUT2D eigenvalue weighted by molar-refractivity contribution is 0.122. The van der Waals surface area contributed by atoms with Gasteiger partial charge in [0.25, 0.3) is 0 Å². The fourth-order valence-electron chi connectivity index (χ4n) is 4.57. The molecule has 1 saturated carbocycles. The average Bonchev–Trinajstić information content (AvgIpc) is 3.20. The van der Waals surface area contributed by atoms with E-state index in [0.717, 1.165) is 79.3 Å². The van der Waals surface area contributed by atoms with Gasteiger partial charge < -0.3 is 14.2 Å². The van der Waals surface area contributed by atoms with Crippen molar-refractivity contribution in [2.45, 2.75) is 25.3 Å². The second-order valence-electron chi connectivity index (χ2n) is 8.16. The number of nitrogens with zero attached hydrogens (tertiary/aromatic N) is 7. The maximum absolute atomic E-state index is 5.47. The van der Waals surface area contributed by atoms with Crippen molar-refractivity contribution in [2.75, 3.05) is 31.2 Å². The molecule has 8 nitrogen and oxygen atoms in total. The molecular weight excluding hydrogens is 378 g/mol. The molecular formula is C22H23N7O. The Kier molecular flexibility index (Phi) is 4.30. The Morgan fingerprint density at radius 1 is 1.00 bits per heavy atom. The molecule has 2 fully saturated rings. The zero-order valence-electron chi connectivity index (χ0n) is 16.7. The van der Waals surface area contributed by atoms with Gasteiger partial charge in [0.05, 0.1) is 25.1 Å². The highest BCUT2D eigenvalue weighted by atomic mass is 16.5. The van der Waals surface area contributed by atoms with E-state index in [4.69, 9.17) is 9.72 Å². The van der Waals surface area contributed by atoms with Gasteiger partial charge in [-0.15, -0.1) is 0 Å². The van der Waals surface area contributed by atoms with Crippen LogP contribution in [0.4, 0.5) is 5.82 Å². The Morgan fingerprint density at radius 2 is 1.87 bits per heavy atom. The summed E-state index contributed by atoms with van der Waals surface area (Å²) in [6.45, 7) is 3.15. The fourth-order valence-corrected chi connectivity index (χ4v) is 4.57. The highest BCUT2D eigenvalue weighted by Gasteiger charge is 2.33. The van der Waals surface area contributed by atoms with Crippen molar-refractivity contribution in [3.8, 4) is 0 Å². The molecule has 1 aliphatic carbocycles. The van der Waals surface area contributed by atoms with E-state index < -0.39 is 0 Å². The standard InChI is InChI=1S/C22H23N7O/c1-2-4-18-16(3-1)12-23-19(27-18)11-15-9-17(10-15)29-14-26-20-21(24-13-25-22(20)29)28-5-7-30-8-6-28/h1-4,12-15,17H,5-11H2. The van der Waals surface area contributed by atoms with E-state index in [2.05, 4.69) is 35.5 Å². The Balaban J connectivity index is 1.18. The lowest BCUT2D eigenvalue weighted by Gasteiger charge is -2.36. The minimum atomic E-state index is 0.424. The van der Waals surface area contributed by atoms with E-state index in [1.54, 1.807) is 6.33 Å². The maximum Gasteiger partial charge on any atom is 0.165 e. The van der Waals surface area contributed by atoms with Gasteiger partial charge in [0.2, 0.25) is 0 Å². The molecule has 1 aromatic carbocycles. The van der Waals surface area contributed by atoms with E-state index in [1.165, 1.54) is 0 Å². The zero-order valence-corrected chi connectivity index (χ0v) is 16.7. The maximum atomic E-state index is 5.47. The van der Waals surface area contributed by atoms with Gasteiger partial charge in [0.15, 0.2) is 17.0 Å². The van der Waals surface area contributed by atoms with Crippen LogP contribution in [0.5, 0.6) is 0 Å². The molecule has 4 aromatic rings. The van der Waals surface area contributed by atoms with E-state index in [1.807, 2.05) is 30.7 Å². The number of anilines is 1. The van der Waals surface area contributed by atoms with Gasteiger partial charge in [0.1, 0.15) is 12.2 Å². The van der Waals surface area contributed by atoms with Crippen LogP contribution in [0, 0.1) is 5.92 Å². The van der Waals surface area contributed by atoms with Crippen molar-refractivity contribution in [3.63, 3.8) is 0 Å². The molecule has 0 bridgehead atoms. The van der Waals surface area contributed by atoms with Crippen molar-refractivity contribution in [1.29, 1.82) is 0 Å². The molecule has 1 saturated heterocycles. The molecule has 2 aliphatic rings. The monoisotopic (exact) mass is 401 g/mol. The Bertz CT molecular complexity index is 1190. The van der Waals surface area contributed by atoms with Gasteiger partial charge in [-0.3, -0.25) is 0 Å². The molecule has 0 N–H and O–H groups in total. The molecule has 8 heteroatoms. The van der Waals surface area contributed by atoms with Crippen molar-refractivity contribution in [3.05, 3.63) is 48.9 Å². The Hall–Kier alpha value is -3.13. The molecule has 152 valence electrons. The third-order valence-corrected chi connectivity index (χ3v) is 6.26. The number of ether oxygens (including phenoxy) is 1. The smallest absolute Gasteiger partial charge is 0.165 e. The normalized spacial score (nSPS) is 21.8. The largest absolute Gasteiger partial charge is 0.378 e. The molecule has 0 amide bonds. The van der Waals surface area contributed by atoms with Crippen LogP contribution >= 0.6 is 0 Å². The fraction of sp³-hybridized carbons (Fsp3) is 0.409. The quantitative estimate of drug-likeness (QED) is 0.520. The number of para-hydroxylation sites is 1. The lowest BCUT2D eigenvalue weighted by atomic mass is 9.78. The van der Waals surface area contributed by atoms with E-state index >= 15 is 0 Å². The molecule has 6 rings (SSSR count). The number of hydrogen-bond donors (Lipinski definition) is 0. The van der Waals surface area contributed by atoms with Crippen LogP contribution in [0.1, 0.15) is 24.7 Å². The number of benzene rings is 1. The van der Waals surface area contributed by atoms with Gasteiger partial charge in [-0.05, 0) is 24.8 Å². The van der Waals surface area contributed by atoms with Gasteiger partial charge in [-0.25, -0.2) is 24.9 Å². The van der Waals surface area contributed by atoms with Gasteiger partial charge in [0, 0.05) is 37.1 Å². The molecule has 0 unspecified atom stereocenters. The topological polar surface area (TPSA) is 81.9 Å². The van der Waals surface area contributed by atoms with E-state index in [9.17, 15) is 0 Å². The number of fused-ring (bicyclic) bond motifs is 2. The summed E-state index contributed by atoms with van der Waals surface area (Å²) in [5, 5.41) is 1.09. The van der Waals surface area contributed by atoms with Crippen LogP contribution in [0.15, 0.2) is 43.1 Å². The summed E-state index contributed by atoms with van der Waals surface area (Å²) in [4.78, 5) is 25.3. The predicted octanol–water partition coefficient (Wildman–Crippen LogP) is 2.80. The van der Waals surface area contributed by atoms with E-state index in [-0.39, 0.29) is 0 Å². The number of aromatic nitrogens is 6. The summed E-state index contributed by atoms with van der Waals surface area (Å²) < 4.78 is 7.69. The van der Waals surface area contributed by atoms with Gasteiger partial charge in [-0.1, -0.05) is 18.2 Å². The van der Waals surface area contributed by atoms with Crippen molar-refractivity contribution >= 4 is 27.9 Å². The predicted molar refractivity (Wildman–Crippen MR) is 113 cm³/mol. The molecule has 3 aromatic heterocycles. The summed E-state index contributed by atoms with van der Waals surface area (Å²) in [6, 6.07) is 8.57.